The molecule has 0 amide bonds. The molecule has 7 aromatic carbocycles. The Morgan fingerprint density at radius 1 is 0.471 bits per heavy atom. The summed E-state index contributed by atoms with van der Waals surface area (Å²) < 4.78 is 2.38. The van der Waals surface area contributed by atoms with Crippen molar-refractivity contribution in [1.29, 1.82) is 0 Å². The van der Waals surface area contributed by atoms with Gasteiger partial charge in [0, 0.05) is 33.5 Å². The molecule has 0 bridgehead atoms. The molecule has 0 spiro atoms. The number of aromatic nitrogens is 1. The van der Waals surface area contributed by atoms with Crippen LogP contribution < -0.4 is 4.90 Å². The van der Waals surface area contributed by atoms with E-state index in [1.165, 1.54) is 49.6 Å². The Morgan fingerprint density at radius 3 is 1.75 bits per heavy atom. The van der Waals surface area contributed by atoms with E-state index in [9.17, 15) is 0 Å². The molecule has 0 atom stereocenters. The van der Waals surface area contributed by atoms with Crippen molar-refractivity contribution in [3.05, 3.63) is 213 Å². The largest absolute Gasteiger partial charge is 0.311 e. The fourth-order valence-electron chi connectivity index (χ4n) is 6.96. The Balaban J connectivity index is 1.16. The lowest BCUT2D eigenvalue weighted by atomic mass is 10.0. The van der Waals surface area contributed by atoms with Crippen molar-refractivity contribution in [1.82, 2.24) is 4.57 Å². The van der Waals surface area contributed by atoms with Crippen molar-refractivity contribution in [2.24, 2.45) is 0 Å². The molecule has 1 aromatic heterocycles. The van der Waals surface area contributed by atoms with E-state index in [4.69, 9.17) is 0 Å². The predicted molar refractivity (Wildman–Crippen MR) is 219 cm³/mol. The van der Waals surface area contributed by atoms with Gasteiger partial charge in [0.2, 0.25) is 0 Å². The van der Waals surface area contributed by atoms with Gasteiger partial charge in [0.05, 0.1) is 11.0 Å². The maximum atomic E-state index is 4.48. The summed E-state index contributed by atoms with van der Waals surface area (Å²) in [5, 5.41) is 2.48. The van der Waals surface area contributed by atoms with Crippen LogP contribution in [0.15, 0.2) is 213 Å². The monoisotopic (exact) mass is 654 g/mol. The smallest absolute Gasteiger partial charge is 0.0541 e. The first-order chi connectivity index (χ1) is 25.2. The Kier molecular flexibility index (Phi) is 8.72. The molecular formula is C49H38N2. The van der Waals surface area contributed by atoms with Gasteiger partial charge in [-0.1, -0.05) is 146 Å². The Morgan fingerprint density at radius 2 is 1.02 bits per heavy atom. The molecule has 0 aliphatic carbocycles. The van der Waals surface area contributed by atoms with Crippen molar-refractivity contribution in [2.75, 3.05) is 4.90 Å². The fourth-order valence-corrected chi connectivity index (χ4v) is 6.96. The number of nitrogens with zero attached hydrogens (tertiary/aromatic N) is 2. The summed E-state index contributed by atoms with van der Waals surface area (Å²) >= 11 is 0. The highest BCUT2D eigenvalue weighted by Crippen LogP contribution is 2.37. The first-order valence-electron chi connectivity index (χ1n) is 17.4. The second kappa shape index (κ2) is 14.1. The number of allylic oxidation sites excluding steroid dienone is 4. The molecule has 51 heavy (non-hydrogen) atoms. The molecule has 0 saturated carbocycles. The molecule has 8 rings (SSSR count). The molecule has 0 fully saturated rings. The van der Waals surface area contributed by atoms with E-state index in [1.54, 1.807) is 0 Å². The standard InChI is InChI=1S/C49H38N2/c1-3-4-7-15-36(2)50(45-21-14-20-41(34-45)38-18-10-6-11-19-38)43-29-26-40(27-30-43)42-28-33-49-47(35-42)46-22-12-13-23-48(46)51(49)44-31-24-39(25-32-44)37-16-8-5-9-17-37/h3-35H,2H2,1H3/b4-3-,15-7-. The summed E-state index contributed by atoms with van der Waals surface area (Å²) in [4.78, 5) is 2.22. The third kappa shape index (κ3) is 6.32. The number of hydrogen-bond donors (Lipinski definition) is 0. The molecule has 1 heterocycles. The molecule has 0 radical (unpaired) electrons. The van der Waals surface area contributed by atoms with Crippen LogP contribution in [0.5, 0.6) is 0 Å². The van der Waals surface area contributed by atoms with Crippen LogP contribution >= 0.6 is 0 Å². The summed E-state index contributed by atoms with van der Waals surface area (Å²) in [6, 6.07) is 62.9. The first kappa shape index (κ1) is 31.6. The fraction of sp³-hybridized carbons (Fsp3) is 0.0204. The van der Waals surface area contributed by atoms with Gasteiger partial charge < -0.3 is 9.47 Å². The number of fused-ring (bicyclic) bond motifs is 3. The van der Waals surface area contributed by atoms with E-state index in [0.29, 0.717) is 0 Å². The summed E-state index contributed by atoms with van der Waals surface area (Å²) in [6.45, 7) is 6.50. The highest BCUT2D eigenvalue weighted by atomic mass is 15.1. The van der Waals surface area contributed by atoms with Gasteiger partial charge in [0.15, 0.2) is 0 Å². The van der Waals surface area contributed by atoms with Gasteiger partial charge in [0.25, 0.3) is 0 Å². The van der Waals surface area contributed by atoms with E-state index < -0.39 is 0 Å². The zero-order chi connectivity index (χ0) is 34.6. The van der Waals surface area contributed by atoms with Gasteiger partial charge in [-0.25, -0.2) is 0 Å². The van der Waals surface area contributed by atoms with Crippen molar-refractivity contribution in [3.8, 4) is 39.1 Å². The minimum Gasteiger partial charge on any atom is -0.311 e. The molecule has 2 nitrogen and oxygen atoms in total. The SMILES string of the molecule is C=C(/C=C\C=C/C)N(c1ccc(-c2ccc3c(c2)c2ccccc2n3-c2ccc(-c3ccccc3)cc2)cc1)c1cccc(-c2ccccc2)c1. The molecule has 0 N–H and O–H groups in total. The molecule has 0 saturated heterocycles. The Bertz CT molecular complexity index is 2520. The molecule has 8 aromatic rings. The minimum atomic E-state index is 0.886. The number of hydrogen-bond acceptors (Lipinski definition) is 1. The average Bonchev–Trinajstić information content (AvgIpc) is 3.53. The van der Waals surface area contributed by atoms with Crippen LogP contribution in [-0.2, 0) is 0 Å². The average molecular weight is 655 g/mol. The molecule has 0 unspecified atom stereocenters. The molecular weight excluding hydrogens is 617 g/mol. The highest BCUT2D eigenvalue weighted by molar-refractivity contribution is 6.10. The van der Waals surface area contributed by atoms with Gasteiger partial charge in [-0.3, -0.25) is 0 Å². The maximum absolute atomic E-state index is 4.48. The van der Waals surface area contributed by atoms with Crippen LogP contribution in [0.3, 0.4) is 0 Å². The Hall–Kier alpha value is -6.64. The van der Waals surface area contributed by atoms with E-state index in [-0.39, 0.29) is 0 Å². The molecule has 2 heteroatoms. The molecule has 0 aliphatic heterocycles. The topological polar surface area (TPSA) is 8.17 Å². The van der Waals surface area contributed by atoms with Gasteiger partial charge in [-0.2, -0.15) is 0 Å². The van der Waals surface area contributed by atoms with Crippen LogP contribution in [0.4, 0.5) is 11.4 Å². The van der Waals surface area contributed by atoms with Gasteiger partial charge >= 0.3 is 0 Å². The van der Waals surface area contributed by atoms with E-state index in [0.717, 1.165) is 28.3 Å². The van der Waals surface area contributed by atoms with Gasteiger partial charge in [0.1, 0.15) is 0 Å². The summed E-state index contributed by atoms with van der Waals surface area (Å²) in [5.41, 5.74) is 13.7. The van der Waals surface area contributed by atoms with Crippen LogP contribution in [-0.4, -0.2) is 4.57 Å². The Labute approximate surface area is 300 Å². The summed E-state index contributed by atoms with van der Waals surface area (Å²) in [6.07, 6.45) is 8.14. The van der Waals surface area contributed by atoms with Crippen LogP contribution in [0, 0.1) is 0 Å². The van der Waals surface area contributed by atoms with Crippen molar-refractivity contribution < 1.29 is 0 Å². The van der Waals surface area contributed by atoms with E-state index >= 15 is 0 Å². The second-order valence-electron chi connectivity index (χ2n) is 12.7. The number of benzene rings is 7. The van der Waals surface area contributed by atoms with Crippen LogP contribution in [0.2, 0.25) is 0 Å². The first-order valence-corrected chi connectivity index (χ1v) is 17.4. The molecule has 244 valence electrons. The zero-order valence-electron chi connectivity index (χ0n) is 28.7. The minimum absolute atomic E-state index is 0.886. The lowest BCUT2D eigenvalue weighted by molar-refractivity contribution is 1.18. The predicted octanol–water partition coefficient (Wildman–Crippen LogP) is 13.6. The van der Waals surface area contributed by atoms with Crippen molar-refractivity contribution in [2.45, 2.75) is 6.92 Å². The van der Waals surface area contributed by atoms with Crippen molar-refractivity contribution >= 4 is 33.2 Å². The van der Waals surface area contributed by atoms with E-state index in [1.807, 2.05) is 25.2 Å². The second-order valence-corrected chi connectivity index (χ2v) is 12.7. The quantitative estimate of drug-likeness (QED) is 0.141. The number of anilines is 2. The van der Waals surface area contributed by atoms with Gasteiger partial charge in [-0.15, -0.1) is 0 Å². The summed E-state index contributed by atoms with van der Waals surface area (Å²) in [5.74, 6) is 0. The lowest BCUT2D eigenvalue weighted by Gasteiger charge is -2.26. The number of para-hydroxylation sites is 1. The molecule has 0 aliphatic rings. The third-order valence-corrected chi connectivity index (χ3v) is 9.45. The van der Waals surface area contributed by atoms with Gasteiger partial charge in [-0.05, 0) is 101 Å². The summed E-state index contributed by atoms with van der Waals surface area (Å²) in [7, 11) is 0. The normalized spacial score (nSPS) is 11.5. The highest BCUT2D eigenvalue weighted by Gasteiger charge is 2.16. The van der Waals surface area contributed by atoms with Crippen LogP contribution in [0.1, 0.15) is 6.92 Å². The van der Waals surface area contributed by atoms with Crippen molar-refractivity contribution in [3.63, 3.8) is 0 Å². The lowest BCUT2D eigenvalue weighted by Crippen LogP contribution is -2.14. The van der Waals surface area contributed by atoms with Crippen LogP contribution in [0.25, 0.3) is 60.9 Å². The van der Waals surface area contributed by atoms with E-state index in [2.05, 4.69) is 198 Å². The maximum Gasteiger partial charge on any atom is 0.0541 e. The number of rotatable bonds is 9. The third-order valence-electron chi connectivity index (χ3n) is 9.45. The zero-order valence-corrected chi connectivity index (χ0v) is 28.7.